The lowest BCUT2D eigenvalue weighted by molar-refractivity contribution is 0.198. The minimum absolute atomic E-state index is 0.840. The second kappa shape index (κ2) is 3.85. The van der Waals surface area contributed by atoms with Crippen molar-refractivity contribution >= 4 is 0 Å². The molecule has 53 valence electrons. The van der Waals surface area contributed by atoms with Crippen LogP contribution in [0.2, 0.25) is 0 Å². The maximum absolute atomic E-state index is 5.00. The highest BCUT2D eigenvalue weighted by molar-refractivity contribution is 4.94. The molecule has 0 unspecified atom stereocenters. The highest BCUT2D eigenvalue weighted by Crippen LogP contribution is 2.11. The molecule has 1 radical (unpaired) electrons. The summed E-state index contributed by atoms with van der Waals surface area (Å²) in [5.74, 6) is 1.50. The van der Waals surface area contributed by atoms with Crippen LogP contribution in [0.25, 0.3) is 0 Å². The van der Waals surface area contributed by atoms with Gasteiger partial charge in [-0.2, -0.15) is 0 Å². The second-order valence-electron chi connectivity index (χ2n) is 2.46. The number of hydrogen-bond donors (Lipinski definition) is 1. The first kappa shape index (κ1) is 7.03. The smallest absolute Gasteiger partial charge is 0.0537 e. The summed E-state index contributed by atoms with van der Waals surface area (Å²) in [6.45, 7) is 3.08. The summed E-state index contributed by atoms with van der Waals surface area (Å²) in [5.41, 5.74) is 0. The number of piperidine rings is 1. The summed E-state index contributed by atoms with van der Waals surface area (Å²) in [6, 6.07) is 0. The van der Waals surface area contributed by atoms with Crippen molar-refractivity contribution in [3.8, 4) is 0 Å². The molecule has 2 heteroatoms. The molecule has 0 aromatic rings. The van der Waals surface area contributed by atoms with Crippen LogP contribution >= 0.6 is 0 Å². The minimum Gasteiger partial charge on any atom is -0.384 e. The SMILES string of the molecule is COC[C]1CCCNC1. The van der Waals surface area contributed by atoms with Gasteiger partial charge in [0.05, 0.1) is 6.61 Å². The fraction of sp³-hybridized carbons (Fsp3) is 0.857. The normalized spacial score (nSPS) is 22.3. The molecule has 0 aliphatic carbocycles. The Morgan fingerprint density at radius 1 is 1.67 bits per heavy atom. The van der Waals surface area contributed by atoms with Crippen LogP contribution in [-0.2, 0) is 4.74 Å². The van der Waals surface area contributed by atoms with Crippen molar-refractivity contribution in [2.24, 2.45) is 0 Å². The number of rotatable bonds is 2. The van der Waals surface area contributed by atoms with Gasteiger partial charge in [0.15, 0.2) is 0 Å². The Labute approximate surface area is 56.6 Å². The molecule has 1 fully saturated rings. The van der Waals surface area contributed by atoms with Gasteiger partial charge in [0, 0.05) is 19.6 Å². The van der Waals surface area contributed by atoms with Crippen LogP contribution in [-0.4, -0.2) is 26.8 Å². The molecular formula is C7H14NO. The summed E-state index contributed by atoms with van der Waals surface area (Å²) in [5, 5.41) is 3.30. The Morgan fingerprint density at radius 2 is 2.56 bits per heavy atom. The van der Waals surface area contributed by atoms with Gasteiger partial charge < -0.3 is 10.1 Å². The molecule has 0 aromatic carbocycles. The fourth-order valence-corrected chi connectivity index (χ4v) is 1.14. The van der Waals surface area contributed by atoms with Crippen molar-refractivity contribution in [2.75, 3.05) is 26.8 Å². The zero-order chi connectivity index (χ0) is 6.53. The lowest BCUT2D eigenvalue weighted by Gasteiger charge is -2.20. The first-order valence-electron chi connectivity index (χ1n) is 3.46. The van der Waals surface area contributed by atoms with Crippen LogP contribution in [0, 0.1) is 5.92 Å². The van der Waals surface area contributed by atoms with Gasteiger partial charge in [-0.15, -0.1) is 0 Å². The molecule has 2 nitrogen and oxygen atoms in total. The van der Waals surface area contributed by atoms with Gasteiger partial charge in [-0.25, -0.2) is 0 Å². The van der Waals surface area contributed by atoms with E-state index < -0.39 is 0 Å². The molecule has 1 rings (SSSR count). The number of ether oxygens (including phenoxy) is 1. The first-order valence-corrected chi connectivity index (χ1v) is 3.46. The Bertz CT molecular complexity index is 66.6. The molecule has 9 heavy (non-hydrogen) atoms. The van der Waals surface area contributed by atoms with Gasteiger partial charge >= 0.3 is 0 Å². The van der Waals surface area contributed by atoms with Gasteiger partial charge in [0.25, 0.3) is 0 Å². The predicted molar refractivity (Wildman–Crippen MR) is 37.2 cm³/mol. The lowest BCUT2D eigenvalue weighted by atomic mass is 10.0. The average molecular weight is 128 g/mol. The molecule has 1 heterocycles. The van der Waals surface area contributed by atoms with Crippen molar-refractivity contribution in [3.05, 3.63) is 5.92 Å². The summed E-state index contributed by atoms with van der Waals surface area (Å²) in [7, 11) is 1.75. The van der Waals surface area contributed by atoms with Gasteiger partial charge in [-0.1, -0.05) is 0 Å². The zero-order valence-electron chi connectivity index (χ0n) is 5.94. The van der Waals surface area contributed by atoms with E-state index in [-0.39, 0.29) is 0 Å². The number of hydrogen-bond acceptors (Lipinski definition) is 2. The van der Waals surface area contributed by atoms with Crippen LogP contribution in [0.1, 0.15) is 12.8 Å². The quantitative estimate of drug-likeness (QED) is 0.587. The highest BCUT2D eigenvalue weighted by Gasteiger charge is 2.11. The molecule has 0 aromatic heterocycles. The van der Waals surface area contributed by atoms with E-state index in [0.717, 1.165) is 13.2 Å². The molecular weight excluding hydrogens is 114 g/mol. The Kier molecular flexibility index (Phi) is 3.01. The van der Waals surface area contributed by atoms with E-state index in [0.29, 0.717) is 0 Å². The molecule has 0 atom stereocenters. The van der Waals surface area contributed by atoms with Crippen LogP contribution in [0.4, 0.5) is 0 Å². The Hall–Kier alpha value is -0.0800. The molecule has 0 spiro atoms. The fourth-order valence-electron chi connectivity index (χ4n) is 1.14. The molecule has 0 amide bonds. The molecule has 1 saturated heterocycles. The monoisotopic (exact) mass is 128 g/mol. The lowest BCUT2D eigenvalue weighted by Crippen LogP contribution is -2.30. The Morgan fingerprint density at radius 3 is 3.11 bits per heavy atom. The van der Waals surface area contributed by atoms with Crippen LogP contribution in [0.15, 0.2) is 0 Å². The van der Waals surface area contributed by atoms with Gasteiger partial charge in [0.2, 0.25) is 0 Å². The molecule has 1 N–H and O–H groups in total. The standard InChI is InChI=1S/C7H14NO/c1-9-6-7-3-2-4-8-5-7/h8H,2-6H2,1H3. The predicted octanol–water partition coefficient (Wildman–Crippen LogP) is 0.591. The third kappa shape index (κ3) is 2.33. The second-order valence-corrected chi connectivity index (χ2v) is 2.46. The van der Waals surface area contributed by atoms with Crippen molar-refractivity contribution in [1.82, 2.24) is 5.32 Å². The van der Waals surface area contributed by atoms with Crippen LogP contribution in [0.3, 0.4) is 0 Å². The highest BCUT2D eigenvalue weighted by atomic mass is 16.5. The van der Waals surface area contributed by atoms with E-state index in [4.69, 9.17) is 4.74 Å². The van der Waals surface area contributed by atoms with Gasteiger partial charge in [0.1, 0.15) is 0 Å². The van der Waals surface area contributed by atoms with E-state index in [1.807, 2.05) is 0 Å². The molecule has 0 bridgehead atoms. The van der Waals surface area contributed by atoms with E-state index in [9.17, 15) is 0 Å². The third-order valence-corrected chi connectivity index (χ3v) is 1.61. The number of nitrogens with one attached hydrogen (secondary N) is 1. The van der Waals surface area contributed by atoms with Crippen molar-refractivity contribution in [2.45, 2.75) is 12.8 Å². The van der Waals surface area contributed by atoms with Crippen LogP contribution in [0.5, 0.6) is 0 Å². The number of methoxy groups -OCH3 is 1. The van der Waals surface area contributed by atoms with E-state index in [1.165, 1.54) is 25.3 Å². The van der Waals surface area contributed by atoms with Gasteiger partial charge in [-0.05, 0) is 19.4 Å². The van der Waals surface area contributed by atoms with Crippen molar-refractivity contribution < 1.29 is 4.74 Å². The van der Waals surface area contributed by atoms with Crippen molar-refractivity contribution in [3.63, 3.8) is 0 Å². The first-order chi connectivity index (χ1) is 4.43. The summed E-state index contributed by atoms with van der Waals surface area (Å²) >= 11 is 0. The van der Waals surface area contributed by atoms with Gasteiger partial charge in [-0.3, -0.25) is 0 Å². The zero-order valence-corrected chi connectivity index (χ0v) is 5.94. The van der Waals surface area contributed by atoms with E-state index in [1.54, 1.807) is 7.11 Å². The summed E-state index contributed by atoms with van der Waals surface area (Å²) < 4.78 is 5.00. The molecule has 0 saturated carbocycles. The summed E-state index contributed by atoms with van der Waals surface area (Å²) in [4.78, 5) is 0. The van der Waals surface area contributed by atoms with Crippen LogP contribution < -0.4 is 5.32 Å². The Balaban J connectivity index is 2.08. The van der Waals surface area contributed by atoms with E-state index >= 15 is 0 Å². The minimum atomic E-state index is 0.840. The van der Waals surface area contributed by atoms with E-state index in [2.05, 4.69) is 5.32 Å². The largest absolute Gasteiger partial charge is 0.384 e. The average Bonchev–Trinajstić information content (AvgIpc) is 1.91. The maximum Gasteiger partial charge on any atom is 0.0537 e. The summed E-state index contributed by atoms with van der Waals surface area (Å²) in [6.07, 6.45) is 2.53. The maximum atomic E-state index is 5.00. The third-order valence-electron chi connectivity index (χ3n) is 1.61. The topological polar surface area (TPSA) is 21.3 Å². The van der Waals surface area contributed by atoms with Crippen molar-refractivity contribution in [1.29, 1.82) is 0 Å². The molecule has 1 aliphatic heterocycles. The molecule has 1 aliphatic rings.